The summed E-state index contributed by atoms with van der Waals surface area (Å²) in [6.45, 7) is 1.91. The van der Waals surface area contributed by atoms with Crippen molar-refractivity contribution >= 4 is 16.9 Å². The number of imidazole rings is 1. The first kappa shape index (κ1) is 16.4. The predicted octanol–water partition coefficient (Wildman–Crippen LogP) is 2.27. The normalized spacial score (nSPS) is 19.6. The van der Waals surface area contributed by atoms with Gasteiger partial charge in [0.05, 0.1) is 11.0 Å². The zero-order valence-electron chi connectivity index (χ0n) is 14.8. The quantitative estimate of drug-likeness (QED) is 0.899. The van der Waals surface area contributed by atoms with E-state index in [2.05, 4.69) is 10.3 Å². The van der Waals surface area contributed by atoms with Gasteiger partial charge in [-0.1, -0.05) is 12.8 Å². The number of fused-ring (bicyclic) bond motifs is 1. The van der Waals surface area contributed by atoms with Crippen LogP contribution in [0.3, 0.4) is 0 Å². The Labute approximate surface area is 147 Å². The molecule has 1 amide bonds. The summed E-state index contributed by atoms with van der Waals surface area (Å²) in [7, 11) is 1.88. The lowest BCUT2D eigenvalue weighted by molar-refractivity contribution is 0.0703. The molecule has 2 heterocycles. The van der Waals surface area contributed by atoms with Crippen LogP contribution < -0.4 is 11.0 Å². The lowest BCUT2D eigenvalue weighted by Crippen LogP contribution is -2.43. The second kappa shape index (κ2) is 6.67. The number of rotatable bonds is 3. The lowest BCUT2D eigenvalue weighted by atomic mass is 10.0. The summed E-state index contributed by atoms with van der Waals surface area (Å²) in [6, 6.07) is 6.20. The van der Waals surface area contributed by atoms with E-state index in [1.54, 1.807) is 0 Å². The molecule has 0 radical (unpaired) electrons. The molecule has 0 unspecified atom stereocenters. The third kappa shape index (κ3) is 2.99. The molecule has 1 aromatic heterocycles. The van der Waals surface area contributed by atoms with Gasteiger partial charge in [-0.25, -0.2) is 4.79 Å². The van der Waals surface area contributed by atoms with Crippen molar-refractivity contribution in [3.63, 3.8) is 0 Å². The zero-order valence-corrected chi connectivity index (χ0v) is 14.8. The summed E-state index contributed by atoms with van der Waals surface area (Å²) in [5, 5.41) is 3.33. The van der Waals surface area contributed by atoms with Crippen molar-refractivity contribution in [3.05, 3.63) is 34.2 Å². The molecule has 0 spiro atoms. The van der Waals surface area contributed by atoms with Gasteiger partial charge in [0.15, 0.2) is 0 Å². The monoisotopic (exact) mass is 342 g/mol. The molecule has 2 aliphatic rings. The molecule has 4 rings (SSSR count). The number of H-pyrrole nitrogens is 1. The third-order valence-electron chi connectivity index (χ3n) is 5.83. The van der Waals surface area contributed by atoms with Gasteiger partial charge in [0, 0.05) is 24.7 Å². The van der Waals surface area contributed by atoms with E-state index in [1.807, 2.05) is 34.7 Å². The van der Waals surface area contributed by atoms with Gasteiger partial charge in [-0.05, 0) is 57.0 Å². The van der Waals surface area contributed by atoms with E-state index in [9.17, 15) is 9.59 Å². The standard InChI is InChI=1S/C19H26N4O2/c1-22(14-8-10-20-11-9-14)18(24)13-6-7-17-16(12-13)21-19(25)23(17)15-4-2-3-5-15/h6-7,12,14-15,20H,2-5,8-11H2,1H3,(H,21,25). The molecule has 2 aromatic rings. The highest BCUT2D eigenvalue weighted by Crippen LogP contribution is 2.30. The minimum atomic E-state index is -0.0572. The summed E-state index contributed by atoms with van der Waals surface area (Å²) < 4.78 is 1.88. The summed E-state index contributed by atoms with van der Waals surface area (Å²) in [6.07, 6.45) is 6.46. The summed E-state index contributed by atoms with van der Waals surface area (Å²) >= 11 is 0. The molecule has 134 valence electrons. The summed E-state index contributed by atoms with van der Waals surface area (Å²) in [5.74, 6) is 0.0308. The van der Waals surface area contributed by atoms with Crippen LogP contribution in [-0.4, -0.2) is 46.5 Å². The Morgan fingerprint density at radius 1 is 1.16 bits per heavy atom. The number of amides is 1. The number of benzene rings is 1. The van der Waals surface area contributed by atoms with Crippen LogP contribution in [-0.2, 0) is 0 Å². The van der Waals surface area contributed by atoms with Crippen molar-refractivity contribution in [2.45, 2.75) is 50.6 Å². The number of nitrogens with one attached hydrogen (secondary N) is 2. The Morgan fingerprint density at radius 2 is 1.88 bits per heavy atom. The van der Waals surface area contributed by atoms with Crippen molar-refractivity contribution in [1.29, 1.82) is 0 Å². The highest BCUT2D eigenvalue weighted by Gasteiger charge is 2.25. The summed E-state index contributed by atoms with van der Waals surface area (Å²) in [5.41, 5.74) is 2.27. The molecule has 6 heteroatoms. The third-order valence-corrected chi connectivity index (χ3v) is 5.83. The number of aromatic nitrogens is 2. The molecular weight excluding hydrogens is 316 g/mol. The smallest absolute Gasteiger partial charge is 0.326 e. The first-order valence-electron chi connectivity index (χ1n) is 9.37. The van der Waals surface area contributed by atoms with Crippen LogP contribution in [0.15, 0.2) is 23.0 Å². The van der Waals surface area contributed by atoms with Crippen LogP contribution in [0.4, 0.5) is 0 Å². The molecule has 1 saturated carbocycles. The van der Waals surface area contributed by atoms with Crippen molar-refractivity contribution < 1.29 is 4.79 Å². The van der Waals surface area contributed by atoms with Crippen molar-refractivity contribution in [2.24, 2.45) is 0 Å². The SMILES string of the molecule is CN(C(=O)c1ccc2c(c1)[nH]c(=O)n2C1CCCC1)C1CCNCC1. The Morgan fingerprint density at radius 3 is 2.60 bits per heavy atom. The van der Waals surface area contributed by atoms with Crippen LogP contribution in [0.25, 0.3) is 11.0 Å². The summed E-state index contributed by atoms with van der Waals surface area (Å²) in [4.78, 5) is 30.0. The number of hydrogen-bond donors (Lipinski definition) is 2. The molecule has 25 heavy (non-hydrogen) atoms. The van der Waals surface area contributed by atoms with E-state index in [4.69, 9.17) is 0 Å². The van der Waals surface area contributed by atoms with Gasteiger partial charge in [0.2, 0.25) is 0 Å². The van der Waals surface area contributed by atoms with Crippen LogP contribution in [0.5, 0.6) is 0 Å². The van der Waals surface area contributed by atoms with Crippen molar-refractivity contribution in [3.8, 4) is 0 Å². The topological polar surface area (TPSA) is 70.1 Å². The van der Waals surface area contributed by atoms with E-state index in [0.717, 1.165) is 49.8 Å². The van der Waals surface area contributed by atoms with Crippen LogP contribution in [0.2, 0.25) is 0 Å². The van der Waals surface area contributed by atoms with E-state index < -0.39 is 0 Å². The maximum Gasteiger partial charge on any atom is 0.326 e. The molecule has 2 fully saturated rings. The minimum absolute atomic E-state index is 0.0308. The second-order valence-corrected chi connectivity index (χ2v) is 7.37. The number of aromatic amines is 1. The first-order valence-corrected chi connectivity index (χ1v) is 9.37. The molecule has 2 N–H and O–H groups in total. The van der Waals surface area contributed by atoms with Crippen LogP contribution in [0, 0.1) is 0 Å². The molecule has 1 aliphatic carbocycles. The Kier molecular flexibility index (Phi) is 4.37. The molecular formula is C19H26N4O2. The molecule has 1 aromatic carbocycles. The fourth-order valence-corrected chi connectivity index (χ4v) is 4.35. The van der Waals surface area contributed by atoms with Gasteiger partial charge in [-0.2, -0.15) is 0 Å². The van der Waals surface area contributed by atoms with Gasteiger partial charge >= 0.3 is 5.69 Å². The van der Waals surface area contributed by atoms with E-state index in [0.29, 0.717) is 11.6 Å². The first-order chi connectivity index (χ1) is 12.1. The average Bonchev–Trinajstić information content (AvgIpc) is 3.27. The van der Waals surface area contributed by atoms with Gasteiger partial charge in [-0.3, -0.25) is 9.36 Å². The number of carbonyl (C=O) groups is 1. The second-order valence-electron chi connectivity index (χ2n) is 7.37. The molecule has 1 saturated heterocycles. The Bertz CT molecular complexity index is 826. The number of nitrogens with zero attached hydrogens (tertiary/aromatic N) is 2. The van der Waals surface area contributed by atoms with Gasteiger partial charge < -0.3 is 15.2 Å². The molecule has 0 bridgehead atoms. The van der Waals surface area contributed by atoms with Crippen molar-refractivity contribution in [1.82, 2.24) is 19.8 Å². The predicted molar refractivity (Wildman–Crippen MR) is 98.0 cm³/mol. The van der Waals surface area contributed by atoms with E-state index >= 15 is 0 Å². The number of piperidine rings is 1. The fraction of sp³-hybridized carbons (Fsp3) is 0.579. The average molecular weight is 342 g/mol. The van der Waals surface area contributed by atoms with Crippen molar-refractivity contribution in [2.75, 3.05) is 20.1 Å². The molecule has 6 nitrogen and oxygen atoms in total. The van der Waals surface area contributed by atoms with Gasteiger partial charge in [-0.15, -0.1) is 0 Å². The number of carbonyl (C=O) groups excluding carboxylic acids is 1. The van der Waals surface area contributed by atoms with Crippen LogP contribution in [0.1, 0.15) is 54.9 Å². The number of hydrogen-bond acceptors (Lipinski definition) is 3. The Hall–Kier alpha value is -2.08. The van der Waals surface area contributed by atoms with E-state index in [-0.39, 0.29) is 17.6 Å². The maximum atomic E-state index is 12.8. The highest BCUT2D eigenvalue weighted by molar-refractivity contribution is 5.97. The maximum absolute atomic E-state index is 12.8. The largest absolute Gasteiger partial charge is 0.339 e. The fourth-order valence-electron chi connectivity index (χ4n) is 4.35. The Balaban J connectivity index is 1.62. The zero-order chi connectivity index (χ0) is 17.4. The van der Waals surface area contributed by atoms with E-state index in [1.165, 1.54) is 12.8 Å². The van der Waals surface area contributed by atoms with Gasteiger partial charge in [0.25, 0.3) is 5.91 Å². The highest BCUT2D eigenvalue weighted by atomic mass is 16.2. The van der Waals surface area contributed by atoms with Crippen LogP contribution >= 0.6 is 0 Å². The lowest BCUT2D eigenvalue weighted by Gasteiger charge is -2.31. The molecule has 1 aliphatic heterocycles. The minimum Gasteiger partial charge on any atom is -0.339 e. The molecule has 0 atom stereocenters. The van der Waals surface area contributed by atoms with Gasteiger partial charge in [0.1, 0.15) is 0 Å².